The van der Waals surface area contributed by atoms with Gasteiger partial charge in [-0.05, 0) is 27.7 Å². The van der Waals surface area contributed by atoms with E-state index in [1.165, 1.54) is 22.3 Å². The molecule has 0 fully saturated rings. The summed E-state index contributed by atoms with van der Waals surface area (Å²) in [4.78, 5) is 0. The summed E-state index contributed by atoms with van der Waals surface area (Å²) in [5, 5.41) is 9.44. The fraction of sp³-hybridized carbons (Fsp3) is 0.212. The van der Waals surface area contributed by atoms with Crippen LogP contribution in [0.1, 0.15) is 39.8 Å². The van der Waals surface area contributed by atoms with Gasteiger partial charge in [0.2, 0.25) is 0 Å². The van der Waals surface area contributed by atoms with Gasteiger partial charge in [0.05, 0.1) is 0 Å². The third kappa shape index (κ3) is 11.6. The van der Waals surface area contributed by atoms with Gasteiger partial charge in [-0.15, -0.1) is 48.7 Å². The molecule has 0 unspecified atom stereocenters. The fourth-order valence-electron chi connectivity index (χ4n) is 3.52. The van der Waals surface area contributed by atoms with Gasteiger partial charge in [0.25, 0.3) is 0 Å². The first-order valence-electron chi connectivity index (χ1n) is 12.1. The standard InChI is InChI=1S/C19H24N2.2C7H7.Ti/c1-14-8-5-9-15(2)18(14)20-12-7-13-21-19-16(3)10-6-11-17(19)4;2*1-7-5-3-2-4-6-7;/h5-6,8-11H,7,12-13H2,1-4H3;2*2-6H,1H2;/q-2;2*-1;+4. The van der Waals surface area contributed by atoms with Gasteiger partial charge in [-0.1, -0.05) is 77.2 Å². The Morgan fingerprint density at radius 3 is 1.03 bits per heavy atom. The van der Waals surface area contributed by atoms with Crippen molar-refractivity contribution < 1.29 is 21.7 Å². The first-order chi connectivity index (χ1) is 16.9. The summed E-state index contributed by atoms with van der Waals surface area (Å²) in [7, 11) is 0. The minimum absolute atomic E-state index is 0. The van der Waals surface area contributed by atoms with Crippen LogP contribution in [0.25, 0.3) is 10.6 Å². The zero-order valence-electron chi connectivity index (χ0n) is 22.2. The Bertz CT molecular complexity index is 994. The maximum absolute atomic E-state index is 4.72. The molecule has 4 aromatic carbocycles. The van der Waals surface area contributed by atoms with Crippen molar-refractivity contribution in [3.05, 3.63) is 155 Å². The molecule has 4 rings (SSSR count). The summed E-state index contributed by atoms with van der Waals surface area (Å²) in [6.45, 7) is 17.6. The van der Waals surface area contributed by atoms with E-state index in [0.717, 1.165) is 42.0 Å². The number of aryl methyl sites for hydroxylation is 4. The van der Waals surface area contributed by atoms with E-state index < -0.39 is 0 Å². The van der Waals surface area contributed by atoms with Crippen LogP contribution in [0.2, 0.25) is 0 Å². The molecular formula is C33H38N2Ti. The van der Waals surface area contributed by atoms with Gasteiger partial charge in [-0.2, -0.15) is 49.2 Å². The molecular weight excluding hydrogens is 472 g/mol. The number of benzene rings is 4. The summed E-state index contributed by atoms with van der Waals surface area (Å²) in [6, 6.07) is 32.4. The van der Waals surface area contributed by atoms with E-state index in [2.05, 4.69) is 77.9 Å². The maximum atomic E-state index is 4.72. The molecule has 0 atom stereocenters. The van der Waals surface area contributed by atoms with E-state index in [-0.39, 0.29) is 21.7 Å². The third-order valence-corrected chi connectivity index (χ3v) is 5.42. The molecule has 0 spiro atoms. The number of hydrogen-bond acceptors (Lipinski definition) is 0. The van der Waals surface area contributed by atoms with Crippen molar-refractivity contribution >= 4 is 11.4 Å². The minimum Gasteiger partial charge on any atom is -0.684 e. The van der Waals surface area contributed by atoms with E-state index in [1.807, 2.05) is 60.7 Å². The largest absolute Gasteiger partial charge is 4.00 e. The van der Waals surface area contributed by atoms with Gasteiger partial charge < -0.3 is 10.6 Å². The molecule has 2 nitrogen and oxygen atoms in total. The van der Waals surface area contributed by atoms with Crippen LogP contribution in [0, 0.1) is 41.5 Å². The van der Waals surface area contributed by atoms with Gasteiger partial charge in [0.1, 0.15) is 0 Å². The second-order valence-corrected chi connectivity index (χ2v) is 8.57. The van der Waals surface area contributed by atoms with Crippen molar-refractivity contribution in [2.75, 3.05) is 13.1 Å². The smallest absolute Gasteiger partial charge is 0.684 e. The Kier molecular flexibility index (Phi) is 14.9. The Balaban J connectivity index is 0.000000351. The number of para-hydroxylation sites is 2. The van der Waals surface area contributed by atoms with E-state index in [9.17, 15) is 0 Å². The molecule has 184 valence electrons. The monoisotopic (exact) mass is 510 g/mol. The van der Waals surface area contributed by atoms with Crippen LogP contribution in [0.3, 0.4) is 0 Å². The minimum atomic E-state index is 0. The Morgan fingerprint density at radius 1 is 0.472 bits per heavy atom. The average molecular weight is 511 g/mol. The van der Waals surface area contributed by atoms with Crippen molar-refractivity contribution in [2.24, 2.45) is 0 Å². The molecule has 4 aromatic rings. The molecule has 0 aromatic heterocycles. The maximum Gasteiger partial charge on any atom is 4.00 e. The SMILES string of the molecule is Cc1cccc(C)c1[N-]CCC[N-]c1c(C)cccc1C.[CH2-]c1ccccc1.[CH2-]c1ccccc1.[Ti+4]. The predicted octanol–water partition coefficient (Wildman–Crippen LogP) is 9.76. The predicted molar refractivity (Wildman–Crippen MR) is 154 cm³/mol. The normalized spacial score (nSPS) is 9.44. The molecule has 3 heteroatoms. The van der Waals surface area contributed by atoms with Crippen molar-refractivity contribution in [2.45, 2.75) is 34.1 Å². The molecule has 0 aliphatic carbocycles. The Labute approximate surface area is 234 Å². The number of hydrogen-bond donors (Lipinski definition) is 0. The molecule has 0 aliphatic heterocycles. The number of rotatable bonds is 6. The van der Waals surface area contributed by atoms with Crippen LogP contribution in [-0.4, -0.2) is 13.1 Å². The molecule has 0 radical (unpaired) electrons. The molecule has 0 amide bonds. The van der Waals surface area contributed by atoms with Gasteiger partial charge >= 0.3 is 21.7 Å². The van der Waals surface area contributed by atoms with E-state index >= 15 is 0 Å². The van der Waals surface area contributed by atoms with Gasteiger partial charge in [-0.3, -0.25) is 0 Å². The van der Waals surface area contributed by atoms with E-state index in [0.29, 0.717) is 0 Å². The van der Waals surface area contributed by atoms with Gasteiger partial charge in [0, 0.05) is 0 Å². The van der Waals surface area contributed by atoms with Crippen LogP contribution in [0.4, 0.5) is 11.4 Å². The molecule has 0 bridgehead atoms. The first-order valence-corrected chi connectivity index (χ1v) is 12.1. The summed E-state index contributed by atoms with van der Waals surface area (Å²) in [6.07, 6.45) is 0.988. The average Bonchev–Trinajstić information content (AvgIpc) is 2.84. The second-order valence-electron chi connectivity index (χ2n) is 8.57. The van der Waals surface area contributed by atoms with Crippen LogP contribution >= 0.6 is 0 Å². The van der Waals surface area contributed by atoms with Crippen LogP contribution < -0.4 is 0 Å². The third-order valence-electron chi connectivity index (χ3n) is 5.42. The zero-order chi connectivity index (χ0) is 25.5. The van der Waals surface area contributed by atoms with E-state index in [4.69, 9.17) is 10.6 Å². The summed E-state index contributed by atoms with van der Waals surface area (Å²) >= 11 is 0. The quantitative estimate of drug-likeness (QED) is 0.140. The summed E-state index contributed by atoms with van der Waals surface area (Å²) in [5.74, 6) is 0. The van der Waals surface area contributed by atoms with Crippen molar-refractivity contribution in [3.63, 3.8) is 0 Å². The zero-order valence-corrected chi connectivity index (χ0v) is 23.7. The molecule has 0 saturated carbocycles. The fourth-order valence-corrected chi connectivity index (χ4v) is 3.52. The van der Waals surface area contributed by atoms with Crippen molar-refractivity contribution in [1.29, 1.82) is 0 Å². The molecule has 0 saturated heterocycles. The van der Waals surface area contributed by atoms with Crippen LogP contribution in [0.15, 0.2) is 97.1 Å². The second kappa shape index (κ2) is 17.4. The molecule has 36 heavy (non-hydrogen) atoms. The van der Waals surface area contributed by atoms with Crippen molar-refractivity contribution in [3.8, 4) is 0 Å². The van der Waals surface area contributed by atoms with Gasteiger partial charge in [0.15, 0.2) is 0 Å². The van der Waals surface area contributed by atoms with E-state index in [1.54, 1.807) is 0 Å². The summed E-state index contributed by atoms with van der Waals surface area (Å²) < 4.78 is 0. The molecule has 0 aliphatic rings. The van der Waals surface area contributed by atoms with Crippen molar-refractivity contribution in [1.82, 2.24) is 0 Å². The molecule has 0 heterocycles. The van der Waals surface area contributed by atoms with Crippen LogP contribution in [-0.2, 0) is 21.7 Å². The summed E-state index contributed by atoms with van der Waals surface area (Å²) in [5.41, 5.74) is 9.44. The first kappa shape index (κ1) is 31.0. The topological polar surface area (TPSA) is 28.2 Å². The Morgan fingerprint density at radius 2 is 0.778 bits per heavy atom. The van der Waals surface area contributed by atoms with Gasteiger partial charge in [-0.25, -0.2) is 0 Å². The number of nitrogens with zero attached hydrogens (tertiary/aromatic N) is 2. The Hall–Kier alpha value is -3.07. The van der Waals surface area contributed by atoms with Crippen LogP contribution in [0.5, 0.6) is 0 Å². The molecule has 0 N–H and O–H groups in total.